The number of halogens is 1. The number of carbonyl (C=O) groups is 2. The third-order valence-electron chi connectivity index (χ3n) is 2.75. The fraction of sp³-hybridized carbons (Fsp3) is 0.231. The maximum atomic E-state index is 13.6. The van der Waals surface area contributed by atoms with Crippen LogP contribution < -0.4 is 5.32 Å². The summed E-state index contributed by atoms with van der Waals surface area (Å²) in [5, 5.41) is 18.3. The van der Waals surface area contributed by atoms with E-state index >= 15 is 0 Å². The lowest BCUT2D eigenvalue weighted by atomic mass is 10.1. The summed E-state index contributed by atoms with van der Waals surface area (Å²) in [6.07, 6.45) is 1.25. The number of nitrogens with zero attached hydrogens (tertiary/aromatic N) is 3. The Morgan fingerprint density at radius 1 is 1.43 bits per heavy atom. The summed E-state index contributed by atoms with van der Waals surface area (Å²) in [7, 11) is 0. The minimum atomic E-state index is -1.17. The number of carbonyl (C=O) groups excluding carboxylic acids is 1. The van der Waals surface area contributed by atoms with Gasteiger partial charge in [0.15, 0.2) is 5.69 Å². The van der Waals surface area contributed by atoms with Crippen molar-refractivity contribution in [1.29, 1.82) is 0 Å². The monoisotopic (exact) mass is 292 g/mol. The summed E-state index contributed by atoms with van der Waals surface area (Å²) in [6.45, 7) is 2.14. The number of benzene rings is 1. The van der Waals surface area contributed by atoms with Crippen molar-refractivity contribution in [3.63, 3.8) is 0 Å². The molecule has 0 unspecified atom stereocenters. The summed E-state index contributed by atoms with van der Waals surface area (Å²) in [4.78, 5) is 22.4. The lowest BCUT2D eigenvalue weighted by molar-refractivity contribution is 0.0690. The van der Waals surface area contributed by atoms with E-state index in [1.165, 1.54) is 23.0 Å². The first-order valence-electron chi connectivity index (χ1n) is 6.15. The zero-order valence-corrected chi connectivity index (χ0v) is 11.2. The molecule has 0 aliphatic carbocycles. The SMILES string of the molecule is Cc1ccc(C(=O)NCCn2cc(C(=O)O)nn2)c(F)c1. The normalized spacial score (nSPS) is 10.4. The Kier molecular flexibility index (Phi) is 4.27. The number of amides is 1. The number of hydrogen-bond acceptors (Lipinski definition) is 4. The minimum Gasteiger partial charge on any atom is -0.476 e. The third kappa shape index (κ3) is 3.62. The number of aryl methyl sites for hydroxylation is 1. The van der Waals surface area contributed by atoms with Crippen molar-refractivity contribution in [2.24, 2.45) is 0 Å². The molecule has 0 bridgehead atoms. The van der Waals surface area contributed by atoms with Gasteiger partial charge in [-0.1, -0.05) is 11.3 Å². The third-order valence-corrected chi connectivity index (χ3v) is 2.75. The van der Waals surface area contributed by atoms with Crippen LogP contribution >= 0.6 is 0 Å². The van der Waals surface area contributed by atoms with Crippen molar-refractivity contribution in [2.45, 2.75) is 13.5 Å². The number of carboxylic acids is 1. The van der Waals surface area contributed by atoms with E-state index < -0.39 is 17.7 Å². The summed E-state index contributed by atoms with van der Waals surface area (Å²) in [5.41, 5.74) is 0.518. The van der Waals surface area contributed by atoms with E-state index in [2.05, 4.69) is 15.6 Å². The largest absolute Gasteiger partial charge is 0.476 e. The van der Waals surface area contributed by atoms with Gasteiger partial charge in [0.25, 0.3) is 5.91 Å². The van der Waals surface area contributed by atoms with Crippen molar-refractivity contribution < 1.29 is 19.1 Å². The van der Waals surface area contributed by atoms with Crippen LogP contribution in [0.25, 0.3) is 0 Å². The lowest BCUT2D eigenvalue weighted by Crippen LogP contribution is -2.28. The molecule has 1 aromatic carbocycles. The van der Waals surface area contributed by atoms with Gasteiger partial charge in [-0.15, -0.1) is 5.10 Å². The molecule has 21 heavy (non-hydrogen) atoms. The highest BCUT2D eigenvalue weighted by Crippen LogP contribution is 2.09. The van der Waals surface area contributed by atoms with Gasteiger partial charge in [-0.2, -0.15) is 0 Å². The van der Waals surface area contributed by atoms with Crippen LogP contribution in [0.15, 0.2) is 24.4 Å². The molecular formula is C13H13FN4O3. The predicted molar refractivity (Wildman–Crippen MR) is 70.5 cm³/mol. The van der Waals surface area contributed by atoms with E-state index in [-0.39, 0.29) is 24.3 Å². The number of aromatic carboxylic acids is 1. The molecule has 0 aliphatic heterocycles. The number of nitrogens with one attached hydrogen (secondary N) is 1. The van der Waals surface area contributed by atoms with Gasteiger partial charge < -0.3 is 10.4 Å². The van der Waals surface area contributed by atoms with Crippen molar-refractivity contribution >= 4 is 11.9 Å². The van der Waals surface area contributed by atoms with E-state index in [1.807, 2.05) is 0 Å². The van der Waals surface area contributed by atoms with E-state index in [4.69, 9.17) is 5.11 Å². The average molecular weight is 292 g/mol. The molecule has 1 aromatic heterocycles. The quantitative estimate of drug-likeness (QED) is 0.851. The first-order valence-corrected chi connectivity index (χ1v) is 6.15. The average Bonchev–Trinajstić information content (AvgIpc) is 2.87. The Morgan fingerprint density at radius 2 is 2.19 bits per heavy atom. The zero-order chi connectivity index (χ0) is 15.4. The second-order valence-electron chi connectivity index (χ2n) is 4.41. The molecule has 0 fully saturated rings. The molecule has 0 spiro atoms. The van der Waals surface area contributed by atoms with Crippen LogP contribution in [-0.4, -0.2) is 38.5 Å². The van der Waals surface area contributed by atoms with Gasteiger partial charge in [0.05, 0.1) is 18.3 Å². The van der Waals surface area contributed by atoms with Gasteiger partial charge in [-0.05, 0) is 24.6 Å². The van der Waals surface area contributed by atoms with Crippen LogP contribution in [0.2, 0.25) is 0 Å². The van der Waals surface area contributed by atoms with Crippen LogP contribution in [0.5, 0.6) is 0 Å². The molecule has 0 saturated heterocycles. The Morgan fingerprint density at radius 3 is 2.81 bits per heavy atom. The molecule has 1 amide bonds. The highest BCUT2D eigenvalue weighted by Gasteiger charge is 2.12. The summed E-state index contributed by atoms with van der Waals surface area (Å²) in [6, 6.07) is 4.35. The van der Waals surface area contributed by atoms with E-state index in [0.29, 0.717) is 0 Å². The number of aromatic nitrogens is 3. The Labute approximate surface area is 119 Å². The van der Waals surface area contributed by atoms with Crippen molar-refractivity contribution in [1.82, 2.24) is 20.3 Å². The molecule has 0 saturated carbocycles. The maximum absolute atomic E-state index is 13.6. The second kappa shape index (κ2) is 6.12. The predicted octanol–water partition coefficient (Wildman–Crippen LogP) is 0.854. The molecule has 2 aromatic rings. The number of carboxylic acid groups (broad SMARTS) is 1. The van der Waals surface area contributed by atoms with Crippen molar-refractivity contribution in [3.05, 3.63) is 47.0 Å². The maximum Gasteiger partial charge on any atom is 0.358 e. The smallest absolute Gasteiger partial charge is 0.358 e. The molecule has 0 aliphatic rings. The standard InChI is InChI=1S/C13H13FN4O3/c1-8-2-3-9(10(14)6-8)12(19)15-4-5-18-7-11(13(20)21)16-17-18/h2-3,6-7H,4-5H2,1H3,(H,15,19)(H,20,21). The van der Waals surface area contributed by atoms with Gasteiger partial charge in [0.1, 0.15) is 5.82 Å². The molecule has 2 rings (SSSR count). The summed E-state index contributed by atoms with van der Waals surface area (Å²) >= 11 is 0. The molecule has 0 radical (unpaired) electrons. The highest BCUT2D eigenvalue weighted by atomic mass is 19.1. The summed E-state index contributed by atoms with van der Waals surface area (Å²) < 4.78 is 14.9. The fourth-order valence-corrected chi connectivity index (χ4v) is 1.69. The Bertz CT molecular complexity index is 684. The Balaban J connectivity index is 1.90. The molecule has 1 heterocycles. The van der Waals surface area contributed by atoms with Crippen LogP contribution in [0.4, 0.5) is 4.39 Å². The Hall–Kier alpha value is -2.77. The van der Waals surface area contributed by atoms with Gasteiger partial charge in [0, 0.05) is 6.54 Å². The van der Waals surface area contributed by atoms with Crippen molar-refractivity contribution in [2.75, 3.05) is 6.54 Å². The topological polar surface area (TPSA) is 97.1 Å². The molecule has 7 nitrogen and oxygen atoms in total. The number of hydrogen-bond donors (Lipinski definition) is 2. The van der Waals surface area contributed by atoms with Crippen LogP contribution in [-0.2, 0) is 6.54 Å². The first kappa shape index (κ1) is 14.6. The van der Waals surface area contributed by atoms with E-state index in [9.17, 15) is 14.0 Å². The molecule has 2 N–H and O–H groups in total. The second-order valence-corrected chi connectivity index (χ2v) is 4.41. The van der Waals surface area contributed by atoms with Gasteiger partial charge in [-0.3, -0.25) is 4.79 Å². The number of rotatable bonds is 5. The van der Waals surface area contributed by atoms with Crippen molar-refractivity contribution in [3.8, 4) is 0 Å². The molecular weight excluding hydrogens is 279 g/mol. The lowest BCUT2D eigenvalue weighted by Gasteiger charge is -2.06. The fourth-order valence-electron chi connectivity index (χ4n) is 1.69. The molecule has 0 atom stereocenters. The van der Waals surface area contributed by atoms with Crippen LogP contribution in [0.3, 0.4) is 0 Å². The molecule has 8 heteroatoms. The highest BCUT2D eigenvalue weighted by molar-refractivity contribution is 5.94. The molecule has 110 valence electrons. The van der Waals surface area contributed by atoms with Gasteiger partial charge in [-0.25, -0.2) is 13.9 Å². The van der Waals surface area contributed by atoms with Gasteiger partial charge >= 0.3 is 5.97 Å². The van der Waals surface area contributed by atoms with Crippen LogP contribution in [0.1, 0.15) is 26.4 Å². The first-order chi connectivity index (χ1) is 9.97. The van der Waals surface area contributed by atoms with Crippen LogP contribution in [0, 0.1) is 12.7 Å². The van der Waals surface area contributed by atoms with E-state index in [1.54, 1.807) is 13.0 Å². The van der Waals surface area contributed by atoms with E-state index in [0.717, 1.165) is 5.56 Å². The summed E-state index contributed by atoms with van der Waals surface area (Å²) in [5.74, 6) is -2.29. The van der Waals surface area contributed by atoms with Gasteiger partial charge in [0.2, 0.25) is 0 Å². The minimum absolute atomic E-state index is 0.0367. The zero-order valence-electron chi connectivity index (χ0n) is 11.2.